The van der Waals surface area contributed by atoms with Crippen molar-refractivity contribution in [1.29, 1.82) is 0 Å². The van der Waals surface area contributed by atoms with Crippen molar-refractivity contribution < 1.29 is 19.4 Å². The summed E-state index contributed by atoms with van der Waals surface area (Å²) >= 11 is 0. The molecule has 104 valence electrons. The van der Waals surface area contributed by atoms with Gasteiger partial charge in [0.05, 0.1) is 0 Å². The van der Waals surface area contributed by atoms with Crippen molar-refractivity contribution in [1.82, 2.24) is 0 Å². The maximum atomic E-state index is 11.5. The summed E-state index contributed by atoms with van der Waals surface area (Å²) in [7, 11) is 0. The lowest BCUT2D eigenvalue weighted by atomic mass is 10.0. The Labute approximate surface area is 113 Å². The van der Waals surface area contributed by atoms with Gasteiger partial charge in [-0.05, 0) is 12.0 Å². The highest BCUT2D eigenvalue weighted by molar-refractivity contribution is 5.77. The van der Waals surface area contributed by atoms with E-state index in [0.29, 0.717) is 12.0 Å². The van der Waals surface area contributed by atoms with Gasteiger partial charge in [0.2, 0.25) is 0 Å². The number of carboxylic acids is 1. The van der Waals surface area contributed by atoms with E-state index in [4.69, 9.17) is 9.84 Å². The van der Waals surface area contributed by atoms with E-state index in [1.165, 1.54) is 0 Å². The first-order chi connectivity index (χ1) is 9.15. The summed E-state index contributed by atoms with van der Waals surface area (Å²) < 4.78 is 5.05. The maximum Gasteiger partial charge on any atom is 0.314 e. The molecule has 0 saturated heterocycles. The summed E-state index contributed by atoms with van der Waals surface area (Å²) in [5.74, 6) is -2.10. The van der Waals surface area contributed by atoms with Crippen LogP contribution >= 0.6 is 0 Å². The number of ether oxygens (including phenoxy) is 1. The molecule has 1 N–H and O–H groups in total. The zero-order valence-corrected chi connectivity index (χ0v) is 11.2. The number of benzene rings is 1. The number of carbonyl (C=O) groups is 2. The van der Waals surface area contributed by atoms with Gasteiger partial charge in [0.15, 0.2) is 0 Å². The van der Waals surface area contributed by atoms with Gasteiger partial charge in [-0.15, -0.1) is 0 Å². The summed E-state index contributed by atoms with van der Waals surface area (Å²) in [6.07, 6.45) is 3.17. The monoisotopic (exact) mass is 264 g/mol. The Morgan fingerprint density at radius 1 is 1.21 bits per heavy atom. The molecular formula is C15H20O4. The minimum atomic E-state index is -0.979. The van der Waals surface area contributed by atoms with Crippen molar-refractivity contribution in [2.45, 2.75) is 38.5 Å². The third-order valence-corrected chi connectivity index (χ3v) is 2.90. The summed E-state index contributed by atoms with van der Waals surface area (Å²) in [4.78, 5) is 22.6. The summed E-state index contributed by atoms with van der Waals surface area (Å²) in [5, 5.41) is 9.16. The van der Waals surface area contributed by atoms with E-state index >= 15 is 0 Å². The van der Waals surface area contributed by atoms with E-state index < -0.39 is 11.9 Å². The van der Waals surface area contributed by atoms with Crippen LogP contribution in [0.3, 0.4) is 0 Å². The standard InChI is InChI=1S/C15H20O4/c1-2-3-5-10-14(16)19-11-13(15(17)18)12-8-6-4-7-9-12/h4,6-9,13H,2-3,5,10-11H2,1H3,(H,17,18). The molecule has 0 heterocycles. The molecule has 1 rings (SSSR count). The Bertz CT molecular complexity index is 400. The quantitative estimate of drug-likeness (QED) is 0.579. The largest absolute Gasteiger partial charge is 0.481 e. The number of esters is 1. The highest BCUT2D eigenvalue weighted by Gasteiger charge is 2.21. The number of aliphatic carboxylic acids is 1. The van der Waals surface area contributed by atoms with Gasteiger partial charge in [-0.1, -0.05) is 50.1 Å². The van der Waals surface area contributed by atoms with Crippen LogP contribution < -0.4 is 0 Å². The first-order valence-electron chi connectivity index (χ1n) is 6.58. The molecule has 0 aliphatic carbocycles. The molecule has 19 heavy (non-hydrogen) atoms. The molecule has 1 aromatic rings. The van der Waals surface area contributed by atoms with Gasteiger partial charge in [-0.2, -0.15) is 0 Å². The number of carbonyl (C=O) groups excluding carboxylic acids is 1. The fourth-order valence-corrected chi connectivity index (χ4v) is 1.76. The fourth-order valence-electron chi connectivity index (χ4n) is 1.76. The van der Waals surface area contributed by atoms with Crippen molar-refractivity contribution in [3.63, 3.8) is 0 Å². The SMILES string of the molecule is CCCCCC(=O)OCC(C(=O)O)c1ccccc1. The van der Waals surface area contributed by atoms with Crippen LogP contribution in [0, 0.1) is 0 Å². The van der Waals surface area contributed by atoms with E-state index in [1.807, 2.05) is 6.07 Å². The molecule has 4 heteroatoms. The summed E-state index contributed by atoms with van der Waals surface area (Å²) in [5.41, 5.74) is 0.649. The van der Waals surface area contributed by atoms with Crippen LogP contribution in [0.1, 0.15) is 44.1 Å². The van der Waals surface area contributed by atoms with Gasteiger partial charge >= 0.3 is 11.9 Å². The summed E-state index contributed by atoms with van der Waals surface area (Å²) in [6.45, 7) is 1.95. The van der Waals surface area contributed by atoms with Gasteiger partial charge in [-0.25, -0.2) is 0 Å². The third kappa shape index (κ3) is 5.55. The van der Waals surface area contributed by atoms with Gasteiger partial charge in [0, 0.05) is 6.42 Å². The average Bonchev–Trinajstić information content (AvgIpc) is 2.40. The van der Waals surface area contributed by atoms with E-state index in [0.717, 1.165) is 19.3 Å². The Balaban J connectivity index is 2.47. The zero-order chi connectivity index (χ0) is 14.1. The zero-order valence-electron chi connectivity index (χ0n) is 11.2. The number of hydrogen-bond acceptors (Lipinski definition) is 3. The number of rotatable bonds is 8. The van der Waals surface area contributed by atoms with E-state index in [2.05, 4.69) is 6.92 Å². The number of carboxylic acid groups (broad SMARTS) is 1. The molecule has 1 aromatic carbocycles. The lowest BCUT2D eigenvalue weighted by molar-refractivity contribution is -0.148. The summed E-state index contributed by atoms with van der Waals surface area (Å²) in [6, 6.07) is 8.81. The molecule has 0 spiro atoms. The minimum absolute atomic E-state index is 0.107. The molecule has 1 unspecified atom stereocenters. The number of hydrogen-bond donors (Lipinski definition) is 1. The predicted octanol–water partition coefficient (Wildman–Crippen LogP) is 2.98. The lowest BCUT2D eigenvalue weighted by Gasteiger charge is -2.13. The molecule has 1 atom stereocenters. The second kappa shape index (κ2) is 8.29. The highest BCUT2D eigenvalue weighted by Crippen LogP contribution is 2.16. The molecular weight excluding hydrogens is 244 g/mol. The van der Waals surface area contributed by atoms with Crippen LogP contribution in [-0.4, -0.2) is 23.7 Å². The molecule has 0 bridgehead atoms. The second-order valence-electron chi connectivity index (χ2n) is 4.44. The van der Waals surface area contributed by atoms with Crippen molar-refractivity contribution in [3.05, 3.63) is 35.9 Å². The minimum Gasteiger partial charge on any atom is -0.481 e. The van der Waals surface area contributed by atoms with Crippen LogP contribution in [0.4, 0.5) is 0 Å². The van der Waals surface area contributed by atoms with Crippen molar-refractivity contribution >= 4 is 11.9 Å². The van der Waals surface area contributed by atoms with E-state index in [-0.39, 0.29) is 12.6 Å². The lowest BCUT2D eigenvalue weighted by Crippen LogP contribution is -2.20. The first kappa shape index (κ1) is 15.2. The Kier molecular flexibility index (Phi) is 6.64. The Hall–Kier alpha value is -1.84. The predicted molar refractivity (Wildman–Crippen MR) is 71.9 cm³/mol. The van der Waals surface area contributed by atoms with Crippen LogP contribution in [0.2, 0.25) is 0 Å². The third-order valence-electron chi connectivity index (χ3n) is 2.90. The fraction of sp³-hybridized carbons (Fsp3) is 0.467. The molecule has 0 saturated carbocycles. The van der Waals surface area contributed by atoms with Crippen LogP contribution in [0.15, 0.2) is 30.3 Å². The molecule has 0 amide bonds. The normalized spacial score (nSPS) is 11.8. The van der Waals surface area contributed by atoms with Gasteiger partial charge < -0.3 is 9.84 Å². The Morgan fingerprint density at radius 2 is 1.89 bits per heavy atom. The maximum absolute atomic E-state index is 11.5. The van der Waals surface area contributed by atoms with Crippen molar-refractivity contribution in [2.24, 2.45) is 0 Å². The average molecular weight is 264 g/mol. The second-order valence-corrected chi connectivity index (χ2v) is 4.44. The van der Waals surface area contributed by atoms with Gasteiger partial charge in [0.25, 0.3) is 0 Å². The van der Waals surface area contributed by atoms with Crippen molar-refractivity contribution in [2.75, 3.05) is 6.61 Å². The molecule has 0 aromatic heterocycles. The van der Waals surface area contributed by atoms with E-state index in [1.54, 1.807) is 24.3 Å². The number of unbranched alkanes of at least 4 members (excludes halogenated alkanes) is 2. The molecule has 0 radical (unpaired) electrons. The van der Waals surface area contributed by atoms with Crippen LogP contribution in [-0.2, 0) is 14.3 Å². The Morgan fingerprint density at radius 3 is 2.47 bits per heavy atom. The highest BCUT2D eigenvalue weighted by atomic mass is 16.5. The smallest absolute Gasteiger partial charge is 0.314 e. The molecule has 0 aliphatic rings. The van der Waals surface area contributed by atoms with E-state index in [9.17, 15) is 9.59 Å². The van der Waals surface area contributed by atoms with Gasteiger partial charge in [-0.3, -0.25) is 9.59 Å². The van der Waals surface area contributed by atoms with Gasteiger partial charge in [0.1, 0.15) is 12.5 Å². The molecule has 0 aliphatic heterocycles. The molecule has 4 nitrogen and oxygen atoms in total. The molecule has 0 fully saturated rings. The topological polar surface area (TPSA) is 63.6 Å². The van der Waals surface area contributed by atoms with Crippen molar-refractivity contribution in [3.8, 4) is 0 Å². The van der Waals surface area contributed by atoms with Crippen LogP contribution in [0.5, 0.6) is 0 Å². The van der Waals surface area contributed by atoms with Crippen LogP contribution in [0.25, 0.3) is 0 Å². The first-order valence-corrected chi connectivity index (χ1v) is 6.58.